The predicted octanol–water partition coefficient (Wildman–Crippen LogP) is 1.20. The second-order valence-corrected chi connectivity index (χ2v) is 5.31. The Kier molecular flexibility index (Phi) is 3.01. The molecule has 2 aliphatic rings. The van der Waals surface area contributed by atoms with Crippen LogP contribution >= 0.6 is 0 Å². The van der Waals surface area contributed by atoms with Crippen molar-refractivity contribution in [1.82, 2.24) is 10.2 Å². The second kappa shape index (κ2) is 4.64. The molecule has 2 aliphatic carbocycles. The van der Waals surface area contributed by atoms with Crippen LogP contribution in [0.4, 0.5) is 6.01 Å². The van der Waals surface area contributed by atoms with Gasteiger partial charge in [-0.25, -0.2) is 0 Å². The highest BCUT2D eigenvalue weighted by Gasteiger charge is 2.31. The summed E-state index contributed by atoms with van der Waals surface area (Å²) in [6.45, 7) is 2.73. The van der Waals surface area contributed by atoms with E-state index in [1.54, 1.807) is 0 Å². The van der Waals surface area contributed by atoms with Crippen LogP contribution in [0.15, 0.2) is 4.42 Å². The van der Waals surface area contributed by atoms with Crippen molar-refractivity contribution in [3.8, 4) is 0 Å². The molecule has 0 atom stereocenters. The third-order valence-electron chi connectivity index (χ3n) is 3.44. The van der Waals surface area contributed by atoms with Crippen LogP contribution in [0.5, 0.6) is 0 Å². The number of nitrogens with two attached hydrogens (primary N) is 1. The smallest absolute Gasteiger partial charge is 0.318 e. The highest BCUT2D eigenvalue weighted by molar-refractivity contribution is 5.25. The van der Waals surface area contributed by atoms with Crippen LogP contribution in [-0.2, 0) is 6.42 Å². The lowest BCUT2D eigenvalue weighted by molar-refractivity contribution is 0.475. The molecule has 1 aromatic heterocycles. The molecule has 5 nitrogen and oxygen atoms in total. The van der Waals surface area contributed by atoms with Crippen molar-refractivity contribution in [2.75, 3.05) is 24.5 Å². The number of anilines is 1. The maximum atomic E-state index is 5.67. The Balaban J connectivity index is 1.65. The molecule has 2 fully saturated rings. The van der Waals surface area contributed by atoms with E-state index in [2.05, 4.69) is 15.1 Å². The lowest BCUT2D eigenvalue weighted by Crippen LogP contribution is -2.28. The molecular weight excluding hydrogens is 216 g/mol. The fourth-order valence-electron chi connectivity index (χ4n) is 2.05. The normalized spacial score (nSPS) is 19.6. The summed E-state index contributed by atoms with van der Waals surface area (Å²) in [5.74, 6) is 2.36. The first-order valence-electron chi connectivity index (χ1n) is 6.62. The molecule has 0 bridgehead atoms. The van der Waals surface area contributed by atoms with E-state index in [-0.39, 0.29) is 0 Å². The standard InChI is InChI=1S/C12H20N4O/c13-6-5-11-14-15-12(17-11)16(7-9-1-2-9)8-10-3-4-10/h9-10H,1-8,13H2. The van der Waals surface area contributed by atoms with Gasteiger partial charge in [0, 0.05) is 26.1 Å². The van der Waals surface area contributed by atoms with Crippen LogP contribution in [0.25, 0.3) is 0 Å². The number of rotatable bonds is 7. The summed E-state index contributed by atoms with van der Waals surface area (Å²) >= 11 is 0. The SMILES string of the molecule is NCCc1nnc(N(CC2CC2)CC2CC2)o1. The van der Waals surface area contributed by atoms with Crippen LogP contribution < -0.4 is 10.6 Å². The fourth-order valence-corrected chi connectivity index (χ4v) is 2.05. The van der Waals surface area contributed by atoms with E-state index in [0.717, 1.165) is 24.9 Å². The van der Waals surface area contributed by atoms with Crippen LogP contribution in [0.3, 0.4) is 0 Å². The Morgan fingerprint density at radius 3 is 2.29 bits per heavy atom. The highest BCUT2D eigenvalue weighted by atomic mass is 16.4. The molecule has 0 aliphatic heterocycles. The van der Waals surface area contributed by atoms with Gasteiger partial charge in [-0.15, -0.1) is 5.10 Å². The summed E-state index contributed by atoms with van der Waals surface area (Å²) in [6, 6.07) is 0.701. The van der Waals surface area contributed by atoms with Gasteiger partial charge in [0.15, 0.2) is 0 Å². The van der Waals surface area contributed by atoms with Crippen LogP contribution in [0.1, 0.15) is 31.6 Å². The molecule has 3 rings (SSSR count). The zero-order chi connectivity index (χ0) is 11.7. The van der Waals surface area contributed by atoms with E-state index in [0.29, 0.717) is 24.9 Å². The minimum atomic E-state index is 0.562. The molecule has 0 saturated heterocycles. The van der Waals surface area contributed by atoms with Gasteiger partial charge in [0.1, 0.15) is 0 Å². The zero-order valence-corrected chi connectivity index (χ0v) is 10.1. The Labute approximate surface area is 101 Å². The largest absolute Gasteiger partial charge is 0.408 e. The van der Waals surface area contributed by atoms with E-state index in [9.17, 15) is 0 Å². The van der Waals surface area contributed by atoms with Crippen molar-refractivity contribution >= 4 is 6.01 Å². The number of hydrogen-bond donors (Lipinski definition) is 1. The van der Waals surface area contributed by atoms with Crippen molar-refractivity contribution < 1.29 is 4.42 Å². The van der Waals surface area contributed by atoms with Crippen LogP contribution in [-0.4, -0.2) is 29.8 Å². The van der Waals surface area contributed by atoms with Gasteiger partial charge < -0.3 is 15.1 Å². The third-order valence-corrected chi connectivity index (χ3v) is 3.44. The molecule has 1 heterocycles. The summed E-state index contributed by atoms with van der Waals surface area (Å²) in [4.78, 5) is 2.28. The molecule has 5 heteroatoms. The Morgan fingerprint density at radius 1 is 1.12 bits per heavy atom. The lowest BCUT2D eigenvalue weighted by Gasteiger charge is -2.19. The zero-order valence-electron chi connectivity index (χ0n) is 10.1. The average Bonchev–Trinajstić information content (AvgIpc) is 3.23. The second-order valence-electron chi connectivity index (χ2n) is 5.31. The summed E-state index contributed by atoms with van der Waals surface area (Å²) in [7, 11) is 0. The van der Waals surface area contributed by atoms with Crippen LogP contribution in [0.2, 0.25) is 0 Å². The van der Waals surface area contributed by atoms with Gasteiger partial charge in [0.25, 0.3) is 0 Å². The molecule has 17 heavy (non-hydrogen) atoms. The van der Waals surface area contributed by atoms with Crippen molar-refractivity contribution in [3.05, 3.63) is 5.89 Å². The molecule has 0 spiro atoms. The van der Waals surface area contributed by atoms with E-state index < -0.39 is 0 Å². The summed E-state index contributed by atoms with van der Waals surface area (Å²) in [5.41, 5.74) is 5.49. The molecule has 94 valence electrons. The fraction of sp³-hybridized carbons (Fsp3) is 0.833. The molecular formula is C12H20N4O. The molecule has 0 unspecified atom stereocenters. The monoisotopic (exact) mass is 236 g/mol. The lowest BCUT2D eigenvalue weighted by atomic mass is 10.3. The number of aromatic nitrogens is 2. The topological polar surface area (TPSA) is 68.2 Å². The summed E-state index contributed by atoms with van der Waals surface area (Å²) in [5, 5.41) is 8.19. The molecule has 1 aromatic rings. The van der Waals surface area contributed by atoms with E-state index in [4.69, 9.17) is 10.2 Å². The summed E-state index contributed by atoms with van der Waals surface area (Å²) < 4.78 is 5.67. The number of hydrogen-bond acceptors (Lipinski definition) is 5. The van der Waals surface area contributed by atoms with Crippen LogP contribution in [0, 0.1) is 11.8 Å². The Hall–Kier alpha value is -1.10. The predicted molar refractivity (Wildman–Crippen MR) is 64.7 cm³/mol. The minimum Gasteiger partial charge on any atom is -0.408 e. The van der Waals surface area contributed by atoms with Gasteiger partial charge >= 0.3 is 6.01 Å². The third kappa shape index (κ3) is 2.97. The molecule has 0 amide bonds. The number of nitrogens with zero attached hydrogens (tertiary/aromatic N) is 3. The van der Waals surface area contributed by atoms with Crippen molar-refractivity contribution in [2.45, 2.75) is 32.1 Å². The van der Waals surface area contributed by atoms with Gasteiger partial charge in [0.05, 0.1) is 0 Å². The Bertz CT molecular complexity index is 356. The van der Waals surface area contributed by atoms with Gasteiger partial charge in [0.2, 0.25) is 5.89 Å². The van der Waals surface area contributed by atoms with E-state index >= 15 is 0 Å². The van der Waals surface area contributed by atoms with Gasteiger partial charge in [-0.05, 0) is 37.5 Å². The maximum Gasteiger partial charge on any atom is 0.318 e. The quantitative estimate of drug-likeness (QED) is 0.770. The first-order valence-corrected chi connectivity index (χ1v) is 6.62. The van der Waals surface area contributed by atoms with E-state index in [1.165, 1.54) is 25.7 Å². The Morgan fingerprint density at radius 2 is 1.76 bits per heavy atom. The van der Waals surface area contributed by atoms with E-state index in [1.807, 2.05) is 0 Å². The average molecular weight is 236 g/mol. The van der Waals surface area contributed by atoms with Gasteiger partial charge in [-0.2, -0.15) is 0 Å². The molecule has 0 aromatic carbocycles. The highest BCUT2D eigenvalue weighted by Crippen LogP contribution is 2.35. The maximum absolute atomic E-state index is 5.67. The summed E-state index contributed by atoms with van der Waals surface area (Å²) in [6.07, 6.45) is 6.08. The molecule has 2 N–H and O–H groups in total. The first kappa shape index (κ1) is 11.0. The molecule has 2 saturated carbocycles. The van der Waals surface area contributed by atoms with Gasteiger partial charge in [-0.1, -0.05) is 5.10 Å². The molecule has 0 radical (unpaired) electrons. The first-order chi connectivity index (χ1) is 8.35. The van der Waals surface area contributed by atoms with Crippen molar-refractivity contribution in [2.24, 2.45) is 17.6 Å². The van der Waals surface area contributed by atoms with Crippen molar-refractivity contribution in [3.63, 3.8) is 0 Å². The van der Waals surface area contributed by atoms with Gasteiger partial charge in [-0.3, -0.25) is 0 Å². The minimum absolute atomic E-state index is 0.562. The van der Waals surface area contributed by atoms with Crippen molar-refractivity contribution in [1.29, 1.82) is 0 Å².